The van der Waals surface area contributed by atoms with Crippen LogP contribution < -0.4 is 14.4 Å². The Morgan fingerprint density at radius 1 is 1.06 bits per heavy atom. The van der Waals surface area contributed by atoms with Crippen LogP contribution in [-0.2, 0) is 6.54 Å². The zero-order valence-corrected chi connectivity index (χ0v) is 18.9. The number of methoxy groups -OCH3 is 1. The van der Waals surface area contributed by atoms with Gasteiger partial charge in [-0.2, -0.15) is 0 Å². The van der Waals surface area contributed by atoms with Gasteiger partial charge in [0.1, 0.15) is 18.1 Å². The first-order valence-electron chi connectivity index (χ1n) is 10.7. The summed E-state index contributed by atoms with van der Waals surface area (Å²) in [5.41, 5.74) is 5.00. The van der Waals surface area contributed by atoms with Gasteiger partial charge >= 0.3 is 0 Å². The molecule has 1 N–H and O–H groups in total. The number of nitrogens with zero attached hydrogens (tertiary/aromatic N) is 1. The number of rotatable bonds is 7. The Kier molecular flexibility index (Phi) is 7.05. The first-order chi connectivity index (χ1) is 15.2. The summed E-state index contributed by atoms with van der Waals surface area (Å²) in [5, 5.41) is 9.42. The standard InChI is InChI=1S/C26H29NO3S/c1-19-16-21(10-11-24(19)29-2)25-12-13-27(23-8-3-4-9-26(23)31-25)18-20-6-5-7-22(17-20)30-15-14-28/h3-11,16-17,25,28H,12-15,18H2,1-2H3/t25-/m0/s1. The van der Waals surface area contributed by atoms with Gasteiger partial charge in [0.05, 0.1) is 19.4 Å². The Labute approximate surface area is 188 Å². The van der Waals surface area contributed by atoms with Gasteiger partial charge in [-0.15, -0.1) is 11.8 Å². The summed E-state index contributed by atoms with van der Waals surface area (Å²) < 4.78 is 11.0. The maximum absolute atomic E-state index is 9.02. The lowest BCUT2D eigenvalue weighted by molar-refractivity contribution is 0.201. The van der Waals surface area contributed by atoms with Crippen LogP contribution in [0, 0.1) is 6.92 Å². The molecule has 1 aliphatic heterocycles. The number of para-hydroxylation sites is 1. The smallest absolute Gasteiger partial charge is 0.121 e. The van der Waals surface area contributed by atoms with Crippen molar-refractivity contribution in [3.8, 4) is 11.5 Å². The van der Waals surface area contributed by atoms with E-state index >= 15 is 0 Å². The fourth-order valence-corrected chi connectivity index (χ4v) is 5.33. The van der Waals surface area contributed by atoms with Crippen LogP contribution in [0.15, 0.2) is 71.6 Å². The Balaban J connectivity index is 1.57. The minimum atomic E-state index is 0.0210. The highest BCUT2D eigenvalue weighted by Gasteiger charge is 2.23. The fraction of sp³-hybridized carbons (Fsp3) is 0.308. The number of anilines is 1. The molecule has 3 aromatic carbocycles. The van der Waals surface area contributed by atoms with Crippen LogP contribution in [0.5, 0.6) is 11.5 Å². The normalized spacial score (nSPS) is 15.8. The average Bonchev–Trinajstić information content (AvgIpc) is 2.98. The SMILES string of the molecule is COc1ccc([C@@H]2CCN(Cc3cccc(OCCO)c3)c3ccccc3S2)cc1C. The lowest BCUT2D eigenvalue weighted by atomic mass is 10.1. The Bertz CT molecular complexity index is 1020. The van der Waals surface area contributed by atoms with Crippen molar-refractivity contribution in [2.45, 2.75) is 30.0 Å². The molecule has 31 heavy (non-hydrogen) atoms. The van der Waals surface area contributed by atoms with E-state index in [9.17, 15) is 0 Å². The molecule has 0 unspecified atom stereocenters. The first-order valence-corrected chi connectivity index (χ1v) is 11.5. The highest BCUT2D eigenvalue weighted by atomic mass is 32.2. The van der Waals surface area contributed by atoms with Crippen molar-refractivity contribution in [3.63, 3.8) is 0 Å². The lowest BCUT2D eigenvalue weighted by Gasteiger charge is -2.25. The van der Waals surface area contributed by atoms with Gasteiger partial charge in [0.25, 0.3) is 0 Å². The van der Waals surface area contributed by atoms with Crippen molar-refractivity contribution in [1.29, 1.82) is 0 Å². The Morgan fingerprint density at radius 3 is 2.74 bits per heavy atom. The van der Waals surface area contributed by atoms with E-state index < -0.39 is 0 Å². The zero-order valence-electron chi connectivity index (χ0n) is 18.1. The molecule has 4 rings (SSSR count). The van der Waals surface area contributed by atoms with Crippen LogP contribution in [0.2, 0.25) is 0 Å². The lowest BCUT2D eigenvalue weighted by Crippen LogP contribution is -2.24. The van der Waals surface area contributed by atoms with Crippen LogP contribution in [0.25, 0.3) is 0 Å². The number of aliphatic hydroxyl groups is 1. The molecule has 1 aliphatic rings. The Hall–Kier alpha value is -2.63. The van der Waals surface area contributed by atoms with Gasteiger partial charge in [-0.1, -0.05) is 36.4 Å². The number of aryl methyl sites for hydroxylation is 1. The molecule has 162 valence electrons. The van der Waals surface area contributed by atoms with Crippen molar-refractivity contribution in [3.05, 3.63) is 83.4 Å². The van der Waals surface area contributed by atoms with E-state index in [4.69, 9.17) is 14.6 Å². The van der Waals surface area contributed by atoms with E-state index in [0.717, 1.165) is 31.0 Å². The second-order valence-electron chi connectivity index (χ2n) is 7.73. The first kappa shape index (κ1) is 21.6. The topological polar surface area (TPSA) is 41.9 Å². The summed E-state index contributed by atoms with van der Waals surface area (Å²) in [6, 6.07) is 23.4. The number of hydrogen-bond donors (Lipinski definition) is 1. The summed E-state index contributed by atoms with van der Waals surface area (Å²) in [6.45, 7) is 4.24. The van der Waals surface area contributed by atoms with Crippen molar-refractivity contribution >= 4 is 17.4 Å². The molecule has 3 aromatic rings. The van der Waals surface area contributed by atoms with Crippen LogP contribution in [0.1, 0.15) is 28.4 Å². The molecule has 0 spiro atoms. The molecule has 1 heterocycles. The molecule has 0 radical (unpaired) electrons. The van der Waals surface area contributed by atoms with E-state index in [1.807, 2.05) is 23.9 Å². The minimum absolute atomic E-state index is 0.0210. The second kappa shape index (κ2) is 10.1. The third-order valence-corrected chi connectivity index (χ3v) is 6.95. The Morgan fingerprint density at radius 2 is 1.94 bits per heavy atom. The van der Waals surface area contributed by atoms with Crippen LogP contribution in [0.3, 0.4) is 0 Å². The van der Waals surface area contributed by atoms with E-state index in [1.54, 1.807) is 7.11 Å². The van der Waals surface area contributed by atoms with Crippen LogP contribution in [-0.4, -0.2) is 32.0 Å². The number of fused-ring (bicyclic) bond motifs is 1. The van der Waals surface area contributed by atoms with Crippen molar-refractivity contribution < 1.29 is 14.6 Å². The molecule has 0 amide bonds. The number of hydrogen-bond acceptors (Lipinski definition) is 5. The molecule has 0 fully saturated rings. The molecule has 0 saturated heterocycles. The monoisotopic (exact) mass is 435 g/mol. The van der Waals surface area contributed by atoms with E-state index in [1.165, 1.54) is 27.3 Å². The average molecular weight is 436 g/mol. The molecular weight excluding hydrogens is 406 g/mol. The summed E-state index contributed by atoms with van der Waals surface area (Å²) in [5.74, 6) is 1.74. The third kappa shape index (κ3) is 5.17. The fourth-order valence-electron chi connectivity index (χ4n) is 4.04. The van der Waals surface area contributed by atoms with Gasteiger partial charge < -0.3 is 19.5 Å². The second-order valence-corrected chi connectivity index (χ2v) is 8.98. The van der Waals surface area contributed by atoms with Gasteiger partial charge in [-0.25, -0.2) is 0 Å². The van der Waals surface area contributed by atoms with Gasteiger partial charge in [-0.05, 0) is 60.4 Å². The molecule has 0 saturated carbocycles. The molecule has 0 aromatic heterocycles. The maximum atomic E-state index is 9.02. The molecular formula is C26H29NO3S. The molecule has 0 bridgehead atoms. The third-order valence-electron chi connectivity index (χ3n) is 5.56. The van der Waals surface area contributed by atoms with Crippen LogP contribution in [0.4, 0.5) is 5.69 Å². The summed E-state index contributed by atoms with van der Waals surface area (Å²) >= 11 is 1.95. The summed E-state index contributed by atoms with van der Waals surface area (Å²) in [7, 11) is 1.72. The predicted octanol–water partition coefficient (Wildman–Crippen LogP) is 5.62. The van der Waals surface area contributed by atoms with Gasteiger partial charge in [0.2, 0.25) is 0 Å². The molecule has 1 atom stereocenters. The van der Waals surface area contributed by atoms with Gasteiger partial charge in [0, 0.05) is 23.2 Å². The van der Waals surface area contributed by atoms with Crippen molar-refractivity contribution in [2.24, 2.45) is 0 Å². The van der Waals surface area contributed by atoms with Gasteiger partial charge in [-0.3, -0.25) is 0 Å². The molecule has 0 aliphatic carbocycles. The summed E-state index contributed by atoms with van der Waals surface area (Å²) in [4.78, 5) is 3.77. The highest BCUT2D eigenvalue weighted by Crippen LogP contribution is 2.46. The van der Waals surface area contributed by atoms with E-state index in [2.05, 4.69) is 66.4 Å². The van der Waals surface area contributed by atoms with Crippen molar-refractivity contribution in [2.75, 3.05) is 31.8 Å². The molecule has 5 heteroatoms. The predicted molar refractivity (Wildman–Crippen MR) is 127 cm³/mol. The van der Waals surface area contributed by atoms with Crippen LogP contribution >= 0.6 is 11.8 Å². The largest absolute Gasteiger partial charge is 0.496 e. The number of thioether (sulfide) groups is 1. The van der Waals surface area contributed by atoms with E-state index in [-0.39, 0.29) is 6.61 Å². The molecule has 4 nitrogen and oxygen atoms in total. The maximum Gasteiger partial charge on any atom is 0.121 e. The zero-order chi connectivity index (χ0) is 21.6. The minimum Gasteiger partial charge on any atom is -0.496 e. The van der Waals surface area contributed by atoms with E-state index in [0.29, 0.717) is 11.9 Å². The van der Waals surface area contributed by atoms with Crippen molar-refractivity contribution in [1.82, 2.24) is 0 Å². The number of ether oxygens (including phenoxy) is 2. The number of benzene rings is 3. The summed E-state index contributed by atoms with van der Waals surface area (Å²) in [6.07, 6.45) is 1.06. The highest BCUT2D eigenvalue weighted by molar-refractivity contribution is 7.99. The van der Waals surface area contributed by atoms with Gasteiger partial charge in [0.15, 0.2) is 0 Å². The quantitative estimate of drug-likeness (QED) is 0.522. The number of aliphatic hydroxyl groups excluding tert-OH is 1.